The molecule has 0 radical (unpaired) electrons. The Hall–Kier alpha value is -1.33. The summed E-state index contributed by atoms with van der Waals surface area (Å²) in [5.41, 5.74) is 1.11. The molecular formula is C11H7NO2S2. The van der Waals surface area contributed by atoms with Crippen LogP contribution in [0.2, 0.25) is 0 Å². The lowest BCUT2D eigenvalue weighted by Gasteiger charge is -2.00. The zero-order valence-electron chi connectivity index (χ0n) is 8.15. The predicted molar refractivity (Wildman–Crippen MR) is 66.1 cm³/mol. The van der Waals surface area contributed by atoms with Crippen molar-refractivity contribution in [1.82, 2.24) is 5.32 Å². The van der Waals surface area contributed by atoms with Gasteiger partial charge in [0.25, 0.3) is 5.91 Å². The van der Waals surface area contributed by atoms with E-state index in [9.17, 15) is 4.79 Å². The Morgan fingerprint density at radius 2 is 2.19 bits per heavy atom. The number of benzene rings is 1. The molecule has 3 rings (SSSR count). The van der Waals surface area contributed by atoms with E-state index in [1.165, 1.54) is 11.8 Å². The quantitative estimate of drug-likeness (QED) is 0.563. The van der Waals surface area contributed by atoms with Gasteiger partial charge in [-0.25, -0.2) is 0 Å². The number of fused-ring (bicyclic) bond motifs is 1. The van der Waals surface area contributed by atoms with Crippen LogP contribution in [0.25, 0.3) is 0 Å². The summed E-state index contributed by atoms with van der Waals surface area (Å²) >= 11 is 6.20. The normalized spacial score (nSPS) is 23.0. The summed E-state index contributed by atoms with van der Waals surface area (Å²) in [5, 5.41) is 2.59. The zero-order chi connectivity index (χ0) is 11.1. The molecule has 0 atom stereocenters. The number of thiocarbonyl (C=S) groups is 1. The van der Waals surface area contributed by atoms with Gasteiger partial charge in [0.2, 0.25) is 0 Å². The van der Waals surface area contributed by atoms with Crippen LogP contribution in [0.1, 0.15) is 5.56 Å². The lowest BCUT2D eigenvalue weighted by Crippen LogP contribution is -2.18. The highest BCUT2D eigenvalue weighted by molar-refractivity contribution is 8.26. The van der Waals surface area contributed by atoms with Gasteiger partial charge in [-0.3, -0.25) is 4.79 Å². The van der Waals surface area contributed by atoms with Crippen molar-refractivity contribution in [3.8, 4) is 5.75 Å². The van der Waals surface area contributed by atoms with Gasteiger partial charge in [-0.1, -0.05) is 42.2 Å². The molecule has 1 amide bonds. The van der Waals surface area contributed by atoms with Gasteiger partial charge in [0.1, 0.15) is 20.7 Å². The molecule has 0 unspecified atom stereocenters. The van der Waals surface area contributed by atoms with Crippen molar-refractivity contribution >= 4 is 34.2 Å². The van der Waals surface area contributed by atoms with Gasteiger partial charge in [-0.15, -0.1) is 0 Å². The maximum atomic E-state index is 11.6. The largest absolute Gasteiger partial charge is 0.460 e. The summed E-state index contributed by atoms with van der Waals surface area (Å²) < 4.78 is 6.14. The molecule has 0 saturated carbocycles. The third-order valence-electron chi connectivity index (χ3n) is 2.43. The summed E-state index contributed by atoms with van der Waals surface area (Å²) in [6, 6.07) is 7.78. The van der Waals surface area contributed by atoms with Crippen LogP contribution in [0.4, 0.5) is 0 Å². The second-order valence-corrected chi connectivity index (χ2v) is 5.17. The third kappa shape index (κ3) is 1.52. The molecule has 0 spiro atoms. The van der Waals surface area contributed by atoms with Crippen molar-refractivity contribution in [2.75, 3.05) is 0 Å². The fourth-order valence-corrected chi connectivity index (χ4v) is 2.76. The smallest absolute Gasteiger partial charge is 0.267 e. The number of nitrogens with one attached hydrogen (secondary N) is 1. The van der Waals surface area contributed by atoms with Crippen LogP contribution in [0.5, 0.6) is 5.75 Å². The van der Waals surface area contributed by atoms with E-state index in [1.807, 2.05) is 24.3 Å². The van der Waals surface area contributed by atoms with E-state index in [2.05, 4.69) is 5.32 Å². The molecule has 2 heterocycles. The molecule has 0 bridgehead atoms. The van der Waals surface area contributed by atoms with Gasteiger partial charge in [0.15, 0.2) is 0 Å². The minimum Gasteiger partial charge on any atom is -0.460 e. The maximum absolute atomic E-state index is 11.6. The molecule has 80 valence electrons. The van der Waals surface area contributed by atoms with E-state index in [4.69, 9.17) is 17.0 Å². The van der Waals surface area contributed by atoms with Gasteiger partial charge in [-0.2, -0.15) is 0 Å². The lowest BCUT2D eigenvalue weighted by atomic mass is 10.1. The van der Waals surface area contributed by atoms with E-state index in [0.717, 1.165) is 11.3 Å². The maximum Gasteiger partial charge on any atom is 0.267 e. The standard InChI is InChI=1S/C11H7NO2S2/c13-10-9(16-11(15)12-10)8-5-6-3-1-2-4-7(6)14-8/h1-4H,5H2,(H,12,13,15). The van der Waals surface area contributed by atoms with Crippen molar-refractivity contribution in [1.29, 1.82) is 0 Å². The molecular weight excluding hydrogens is 242 g/mol. The Bertz CT molecular complexity index is 510. The number of hydrogen-bond donors (Lipinski definition) is 1. The molecule has 5 heteroatoms. The number of rotatable bonds is 0. The average Bonchev–Trinajstić information content (AvgIpc) is 2.81. The first-order chi connectivity index (χ1) is 7.74. The van der Waals surface area contributed by atoms with Crippen LogP contribution in [0, 0.1) is 0 Å². The molecule has 1 aromatic rings. The van der Waals surface area contributed by atoms with Crippen LogP contribution in [-0.2, 0) is 11.2 Å². The monoisotopic (exact) mass is 249 g/mol. The summed E-state index contributed by atoms with van der Waals surface area (Å²) in [6.07, 6.45) is 0.661. The molecule has 2 aliphatic rings. The minimum absolute atomic E-state index is 0.155. The zero-order valence-corrected chi connectivity index (χ0v) is 9.78. The van der Waals surface area contributed by atoms with Gasteiger partial charge in [0.05, 0.1) is 0 Å². The van der Waals surface area contributed by atoms with Crippen LogP contribution in [0.15, 0.2) is 34.9 Å². The Morgan fingerprint density at radius 3 is 2.88 bits per heavy atom. The fourth-order valence-electron chi connectivity index (χ4n) is 1.72. The summed E-state index contributed by atoms with van der Waals surface area (Å²) in [7, 11) is 0. The Kier molecular flexibility index (Phi) is 2.22. The molecule has 1 N–H and O–H groups in total. The number of allylic oxidation sites excluding steroid dienone is 1. The van der Waals surface area contributed by atoms with Crippen molar-refractivity contribution in [3.05, 3.63) is 40.5 Å². The summed E-state index contributed by atoms with van der Waals surface area (Å²) in [5.74, 6) is 1.37. The van der Waals surface area contributed by atoms with E-state index in [1.54, 1.807) is 0 Å². The number of carbonyl (C=O) groups excluding carboxylic acids is 1. The van der Waals surface area contributed by atoms with Gasteiger partial charge < -0.3 is 10.1 Å². The highest BCUT2D eigenvalue weighted by atomic mass is 32.2. The van der Waals surface area contributed by atoms with Crippen molar-refractivity contribution in [2.24, 2.45) is 0 Å². The molecule has 1 fully saturated rings. The van der Waals surface area contributed by atoms with Crippen LogP contribution in [0.3, 0.4) is 0 Å². The molecule has 0 aliphatic carbocycles. The first-order valence-corrected chi connectivity index (χ1v) is 5.98. The Balaban J connectivity index is 1.99. The van der Waals surface area contributed by atoms with Crippen molar-refractivity contribution in [3.63, 3.8) is 0 Å². The van der Waals surface area contributed by atoms with Gasteiger partial charge in [-0.05, 0) is 6.07 Å². The van der Waals surface area contributed by atoms with Crippen molar-refractivity contribution in [2.45, 2.75) is 6.42 Å². The number of carbonyl (C=O) groups is 1. The van der Waals surface area contributed by atoms with Crippen molar-refractivity contribution < 1.29 is 9.53 Å². The van der Waals surface area contributed by atoms with E-state index in [0.29, 0.717) is 21.4 Å². The first-order valence-electron chi connectivity index (χ1n) is 4.76. The Labute approximate surface area is 102 Å². The Morgan fingerprint density at radius 1 is 1.38 bits per heavy atom. The molecule has 1 aromatic carbocycles. The number of thioether (sulfide) groups is 1. The molecule has 16 heavy (non-hydrogen) atoms. The molecule has 0 aromatic heterocycles. The summed E-state index contributed by atoms with van der Waals surface area (Å²) in [4.78, 5) is 12.1. The SMILES string of the molecule is O=C1NC(=S)SC1=C1Cc2ccccc2O1. The number of para-hydroxylation sites is 1. The number of amides is 1. The average molecular weight is 249 g/mol. The van der Waals surface area contributed by atoms with E-state index in [-0.39, 0.29) is 5.91 Å². The highest BCUT2D eigenvalue weighted by Gasteiger charge is 2.30. The molecule has 3 nitrogen and oxygen atoms in total. The second-order valence-electron chi connectivity index (χ2n) is 3.48. The van der Waals surface area contributed by atoms with Crippen LogP contribution < -0.4 is 10.1 Å². The number of hydrogen-bond acceptors (Lipinski definition) is 4. The minimum atomic E-state index is -0.155. The van der Waals surface area contributed by atoms with Crippen LogP contribution >= 0.6 is 24.0 Å². The summed E-state index contributed by atoms with van der Waals surface area (Å²) in [6.45, 7) is 0. The topological polar surface area (TPSA) is 38.3 Å². The van der Waals surface area contributed by atoms with Gasteiger partial charge in [0, 0.05) is 12.0 Å². The van der Waals surface area contributed by atoms with E-state index < -0.39 is 0 Å². The van der Waals surface area contributed by atoms with Crippen LogP contribution in [-0.4, -0.2) is 10.2 Å². The highest BCUT2D eigenvalue weighted by Crippen LogP contribution is 2.36. The molecule has 1 saturated heterocycles. The predicted octanol–water partition coefficient (Wildman–Crippen LogP) is 1.98. The van der Waals surface area contributed by atoms with Gasteiger partial charge >= 0.3 is 0 Å². The second kappa shape index (κ2) is 3.61. The third-order valence-corrected chi connectivity index (χ3v) is 3.68. The number of ether oxygens (including phenoxy) is 1. The first kappa shape index (κ1) is 9.86. The lowest BCUT2D eigenvalue weighted by molar-refractivity contribution is -0.115. The fraction of sp³-hybridized carbons (Fsp3) is 0.0909. The van der Waals surface area contributed by atoms with E-state index >= 15 is 0 Å². The molecule has 2 aliphatic heterocycles.